The standard InChI is InChI=1S/C14H14Br2IN3/c1-7(2)12-11(17)14(18-3)20-13(19-12)8-4-5-9(15)10(16)6-8/h4-7H,1-3H3,(H,18,19,20). The van der Waals surface area contributed by atoms with Crippen LogP contribution >= 0.6 is 54.5 Å². The fourth-order valence-corrected chi connectivity index (χ4v) is 3.54. The van der Waals surface area contributed by atoms with Crippen LogP contribution in [-0.2, 0) is 0 Å². The average Bonchev–Trinajstić information content (AvgIpc) is 2.42. The van der Waals surface area contributed by atoms with Crippen LogP contribution < -0.4 is 5.32 Å². The van der Waals surface area contributed by atoms with Crippen LogP contribution in [-0.4, -0.2) is 17.0 Å². The van der Waals surface area contributed by atoms with Crippen molar-refractivity contribution in [1.82, 2.24) is 9.97 Å². The summed E-state index contributed by atoms with van der Waals surface area (Å²) < 4.78 is 3.10. The summed E-state index contributed by atoms with van der Waals surface area (Å²) in [4.78, 5) is 9.34. The van der Waals surface area contributed by atoms with Gasteiger partial charge in [0.15, 0.2) is 5.82 Å². The number of anilines is 1. The summed E-state index contributed by atoms with van der Waals surface area (Å²) in [5.41, 5.74) is 2.06. The molecule has 0 fully saturated rings. The van der Waals surface area contributed by atoms with Gasteiger partial charge in [0.1, 0.15) is 5.82 Å². The molecule has 1 aromatic carbocycles. The van der Waals surface area contributed by atoms with Crippen LogP contribution in [0.4, 0.5) is 5.82 Å². The molecule has 1 heterocycles. The summed E-state index contributed by atoms with van der Waals surface area (Å²) in [5, 5.41) is 3.15. The van der Waals surface area contributed by atoms with Crippen LogP contribution in [0.25, 0.3) is 11.4 Å². The van der Waals surface area contributed by atoms with E-state index in [4.69, 9.17) is 4.98 Å². The van der Waals surface area contributed by atoms with E-state index in [1.807, 2.05) is 25.2 Å². The number of hydrogen-bond donors (Lipinski definition) is 1. The zero-order chi connectivity index (χ0) is 14.9. The minimum absolute atomic E-state index is 0.356. The first-order chi connectivity index (χ1) is 9.43. The molecule has 0 saturated carbocycles. The number of hydrogen-bond acceptors (Lipinski definition) is 3. The van der Waals surface area contributed by atoms with E-state index >= 15 is 0 Å². The van der Waals surface area contributed by atoms with Gasteiger partial charge in [-0.25, -0.2) is 9.97 Å². The van der Waals surface area contributed by atoms with Gasteiger partial charge in [-0.2, -0.15) is 0 Å². The second kappa shape index (κ2) is 6.70. The first-order valence-corrected chi connectivity index (χ1v) is 8.81. The number of rotatable bonds is 3. The van der Waals surface area contributed by atoms with Gasteiger partial charge in [0.2, 0.25) is 0 Å². The molecule has 106 valence electrons. The highest BCUT2D eigenvalue weighted by molar-refractivity contribution is 14.1. The highest BCUT2D eigenvalue weighted by Crippen LogP contribution is 2.31. The number of aromatic nitrogens is 2. The van der Waals surface area contributed by atoms with Crippen molar-refractivity contribution in [3.05, 3.63) is 36.4 Å². The topological polar surface area (TPSA) is 37.8 Å². The molecule has 3 nitrogen and oxygen atoms in total. The van der Waals surface area contributed by atoms with Crippen molar-refractivity contribution < 1.29 is 0 Å². The predicted molar refractivity (Wildman–Crippen MR) is 99.2 cm³/mol. The first kappa shape index (κ1) is 16.2. The van der Waals surface area contributed by atoms with E-state index in [-0.39, 0.29) is 0 Å². The van der Waals surface area contributed by atoms with E-state index in [1.165, 1.54) is 0 Å². The quantitative estimate of drug-likeness (QED) is 0.559. The first-order valence-electron chi connectivity index (χ1n) is 6.14. The molecule has 0 amide bonds. The molecule has 0 spiro atoms. The molecule has 1 aromatic heterocycles. The SMILES string of the molecule is CNc1nc(-c2ccc(Br)c(Br)c2)nc(C(C)C)c1I. The zero-order valence-electron chi connectivity index (χ0n) is 11.3. The van der Waals surface area contributed by atoms with E-state index in [1.54, 1.807) is 0 Å². The Morgan fingerprint density at radius 3 is 2.40 bits per heavy atom. The van der Waals surface area contributed by atoms with Crippen molar-refractivity contribution in [1.29, 1.82) is 0 Å². The van der Waals surface area contributed by atoms with Crippen LogP contribution in [0.3, 0.4) is 0 Å². The molecule has 0 bridgehead atoms. The second-order valence-corrected chi connectivity index (χ2v) is 7.42. The Balaban J connectivity index is 2.61. The van der Waals surface area contributed by atoms with Crippen LogP contribution in [0.1, 0.15) is 25.5 Å². The third-order valence-corrected chi connectivity index (χ3v) is 5.78. The lowest BCUT2D eigenvalue weighted by molar-refractivity contribution is 0.809. The van der Waals surface area contributed by atoms with Crippen LogP contribution in [0, 0.1) is 3.57 Å². The molecule has 0 aliphatic carbocycles. The Hall–Kier alpha value is -0.210. The van der Waals surface area contributed by atoms with E-state index in [2.05, 4.69) is 78.6 Å². The minimum Gasteiger partial charge on any atom is -0.372 e. The molecule has 1 N–H and O–H groups in total. The molecule has 2 rings (SSSR count). The smallest absolute Gasteiger partial charge is 0.161 e. The second-order valence-electron chi connectivity index (χ2n) is 4.63. The lowest BCUT2D eigenvalue weighted by Crippen LogP contribution is -2.06. The largest absolute Gasteiger partial charge is 0.372 e. The Morgan fingerprint density at radius 1 is 1.15 bits per heavy atom. The lowest BCUT2D eigenvalue weighted by atomic mass is 10.1. The van der Waals surface area contributed by atoms with Gasteiger partial charge >= 0.3 is 0 Å². The van der Waals surface area contributed by atoms with Gasteiger partial charge < -0.3 is 5.32 Å². The number of nitrogens with zero attached hydrogens (tertiary/aromatic N) is 2. The zero-order valence-corrected chi connectivity index (χ0v) is 16.7. The summed E-state index contributed by atoms with van der Waals surface area (Å²) in [6.07, 6.45) is 0. The van der Waals surface area contributed by atoms with Gasteiger partial charge in [-0.1, -0.05) is 13.8 Å². The monoisotopic (exact) mass is 509 g/mol. The maximum Gasteiger partial charge on any atom is 0.161 e. The maximum atomic E-state index is 4.73. The summed E-state index contributed by atoms with van der Waals surface area (Å²) in [6, 6.07) is 6.03. The molecular weight excluding hydrogens is 497 g/mol. The maximum absolute atomic E-state index is 4.73. The van der Waals surface area contributed by atoms with Crippen molar-refractivity contribution >= 4 is 60.3 Å². The molecule has 0 unspecified atom stereocenters. The van der Waals surface area contributed by atoms with Crippen molar-refractivity contribution in [3.63, 3.8) is 0 Å². The molecule has 0 atom stereocenters. The van der Waals surface area contributed by atoms with E-state index < -0.39 is 0 Å². The van der Waals surface area contributed by atoms with Crippen LogP contribution in [0.2, 0.25) is 0 Å². The minimum atomic E-state index is 0.356. The van der Waals surface area contributed by atoms with Crippen molar-refractivity contribution in [2.45, 2.75) is 19.8 Å². The van der Waals surface area contributed by atoms with E-state index in [9.17, 15) is 0 Å². The summed E-state index contributed by atoms with van der Waals surface area (Å²) >= 11 is 9.30. The molecule has 20 heavy (non-hydrogen) atoms. The van der Waals surface area contributed by atoms with Crippen molar-refractivity contribution in [3.8, 4) is 11.4 Å². The van der Waals surface area contributed by atoms with Crippen molar-refractivity contribution in [2.75, 3.05) is 12.4 Å². The van der Waals surface area contributed by atoms with E-state index in [0.29, 0.717) is 5.92 Å². The van der Waals surface area contributed by atoms with Gasteiger partial charge in [-0.15, -0.1) is 0 Å². The summed E-state index contributed by atoms with van der Waals surface area (Å²) in [5.74, 6) is 1.97. The predicted octanol–water partition coefficient (Wildman–Crippen LogP) is 5.44. The van der Waals surface area contributed by atoms with Gasteiger partial charge in [0, 0.05) is 21.6 Å². The number of benzene rings is 1. The van der Waals surface area contributed by atoms with Gasteiger partial charge in [-0.05, 0) is 78.6 Å². The van der Waals surface area contributed by atoms with Gasteiger partial charge in [0.25, 0.3) is 0 Å². The Morgan fingerprint density at radius 2 is 1.85 bits per heavy atom. The highest BCUT2D eigenvalue weighted by Gasteiger charge is 2.15. The fourth-order valence-electron chi connectivity index (χ4n) is 1.78. The van der Waals surface area contributed by atoms with Crippen LogP contribution in [0.15, 0.2) is 27.1 Å². The van der Waals surface area contributed by atoms with Crippen molar-refractivity contribution in [2.24, 2.45) is 0 Å². The fraction of sp³-hybridized carbons (Fsp3) is 0.286. The molecule has 0 aliphatic heterocycles. The average molecular weight is 511 g/mol. The molecule has 0 radical (unpaired) electrons. The Kier molecular flexibility index (Phi) is 5.42. The summed E-state index contributed by atoms with van der Waals surface area (Å²) in [7, 11) is 1.88. The van der Waals surface area contributed by atoms with Crippen LogP contribution in [0.5, 0.6) is 0 Å². The van der Waals surface area contributed by atoms with Gasteiger partial charge in [-0.3, -0.25) is 0 Å². The highest BCUT2D eigenvalue weighted by atomic mass is 127. The van der Waals surface area contributed by atoms with E-state index in [0.717, 1.165) is 35.4 Å². The molecule has 0 aliphatic rings. The lowest BCUT2D eigenvalue weighted by Gasteiger charge is -2.13. The molecule has 2 aromatic rings. The summed E-state index contributed by atoms with van der Waals surface area (Å²) in [6.45, 7) is 4.29. The number of halogens is 3. The number of nitrogens with one attached hydrogen (secondary N) is 1. The van der Waals surface area contributed by atoms with Gasteiger partial charge in [0.05, 0.1) is 9.26 Å². The third kappa shape index (κ3) is 3.33. The molecular formula is C14H14Br2IN3. The molecule has 0 saturated heterocycles. The normalized spacial score (nSPS) is 10.9. The Bertz CT molecular complexity index is 645. The third-order valence-electron chi connectivity index (χ3n) is 2.84. The Labute approximate surface area is 149 Å². The molecule has 6 heteroatoms.